The van der Waals surface area contributed by atoms with Crippen LogP contribution in [-0.2, 0) is 14.8 Å². The maximum Gasteiger partial charge on any atom is 0.359 e. The Morgan fingerprint density at radius 1 is 1.32 bits per heavy atom. The van der Waals surface area contributed by atoms with Crippen molar-refractivity contribution in [2.45, 2.75) is 6.92 Å². The Hall–Kier alpha value is -2.85. The van der Waals surface area contributed by atoms with Crippen LogP contribution in [0, 0.1) is 0 Å². The predicted octanol–water partition coefficient (Wildman–Crippen LogP) is 2.63. The third-order valence-electron chi connectivity index (χ3n) is 3.71. The predicted molar refractivity (Wildman–Crippen MR) is 105 cm³/mol. The number of methoxy groups -OCH3 is 1. The monoisotopic (exact) mass is 424 g/mol. The second kappa shape index (κ2) is 7.64. The Balaban J connectivity index is 2.20. The summed E-state index contributed by atoms with van der Waals surface area (Å²) in [7, 11) is -2.01. The molecule has 1 N–H and O–H groups in total. The second-order valence-corrected chi connectivity index (χ2v) is 7.90. The molecule has 1 aromatic carbocycles. The van der Waals surface area contributed by atoms with Crippen LogP contribution < -0.4 is 9.46 Å². The molecule has 2 aromatic heterocycles. The summed E-state index contributed by atoms with van der Waals surface area (Å²) in [5.74, 6) is -0.258. The van der Waals surface area contributed by atoms with E-state index in [0.717, 1.165) is 6.26 Å². The van der Waals surface area contributed by atoms with Crippen LogP contribution in [-0.4, -0.2) is 49.1 Å². The van der Waals surface area contributed by atoms with Crippen LogP contribution in [0.1, 0.15) is 17.4 Å². The molecule has 0 spiro atoms. The molecular formula is C17H17ClN4O5S. The van der Waals surface area contributed by atoms with E-state index < -0.39 is 16.0 Å². The van der Waals surface area contributed by atoms with Crippen molar-refractivity contribution in [2.24, 2.45) is 0 Å². The molecule has 9 nitrogen and oxygen atoms in total. The summed E-state index contributed by atoms with van der Waals surface area (Å²) in [6, 6.07) is 6.24. The van der Waals surface area contributed by atoms with E-state index in [2.05, 4.69) is 14.8 Å². The lowest BCUT2D eigenvalue weighted by molar-refractivity contribution is 0.0521. The maximum absolute atomic E-state index is 12.3. The number of hydrogen-bond donors (Lipinski definition) is 1. The number of ether oxygens (including phenoxy) is 2. The van der Waals surface area contributed by atoms with E-state index in [0.29, 0.717) is 28.0 Å². The minimum absolute atomic E-state index is 0.0846. The van der Waals surface area contributed by atoms with Gasteiger partial charge in [-0.3, -0.25) is 4.72 Å². The van der Waals surface area contributed by atoms with Gasteiger partial charge in [0.25, 0.3) is 0 Å². The lowest BCUT2D eigenvalue weighted by Gasteiger charge is -2.12. The number of esters is 1. The van der Waals surface area contributed by atoms with Crippen molar-refractivity contribution in [3.63, 3.8) is 0 Å². The minimum atomic E-state index is -3.45. The Morgan fingerprint density at radius 2 is 2.07 bits per heavy atom. The highest BCUT2D eigenvalue weighted by molar-refractivity contribution is 7.92. The summed E-state index contributed by atoms with van der Waals surface area (Å²) in [6.45, 7) is 1.89. The highest BCUT2D eigenvalue weighted by Gasteiger charge is 2.21. The van der Waals surface area contributed by atoms with Crippen molar-refractivity contribution in [3.05, 3.63) is 41.3 Å². The molecular weight excluding hydrogens is 408 g/mol. The first-order chi connectivity index (χ1) is 13.2. The summed E-state index contributed by atoms with van der Waals surface area (Å²) in [5.41, 5.74) is 1.40. The van der Waals surface area contributed by atoms with Gasteiger partial charge in [-0.25, -0.2) is 22.9 Å². The van der Waals surface area contributed by atoms with Crippen LogP contribution in [0.5, 0.6) is 5.75 Å². The van der Waals surface area contributed by atoms with Crippen LogP contribution >= 0.6 is 11.6 Å². The van der Waals surface area contributed by atoms with Gasteiger partial charge in [0.2, 0.25) is 10.0 Å². The van der Waals surface area contributed by atoms with Crippen molar-refractivity contribution < 1.29 is 22.7 Å². The standard InChI is InChI=1S/C17H17ClN4O5S/c1-4-27-17(23)16-11-9-19-15(18)8-13(11)22(20-16)12-6-5-10(7-14(12)26-2)21-28(3,24)25/h5-9,21H,4H2,1-3H3. The molecule has 0 fully saturated rings. The van der Waals surface area contributed by atoms with Gasteiger partial charge in [-0.1, -0.05) is 11.6 Å². The van der Waals surface area contributed by atoms with Crippen LogP contribution in [0.25, 0.3) is 16.6 Å². The van der Waals surface area contributed by atoms with Crippen molar-refractivity contribution in [1.29, 1.82) is 0 Å². The minimum Gasteiger partial charge on any atom is -0.494 e. The average Bonchev–Trinajstić information content (AvgIpc) is 2.99. The first kappa shape index (κ1) is 19.9. The van der Waals surface area contributed by atoms with Gasteiger partial charge in [-0.2, -0.15) is 5.10 Å². The number of fused-ring (bicyclic) bond motifs is 1. The van der Waals surface area contributed by atoms with Gasteiger partial charge in [0.05, 0.1) is 36.6 Å². The summed E-state index contributed by atoms with van der Waals surface area (Å²) in [4.78, 5) is 16.3. The highest BCUT2D eigenvalue weighted by Crippen LogP contribution is 2.31. The van der Waals surface area contributed by atoms with E-state index in [-0.39, 0.29) is 17.5 Å². The number of anilines is 1. The number of benzene rings is 1. The zero-order chi connectivity index (χ0) is 20.5. The van der Waals surface area contributed by atoms with Crippen LogP contribution in [0.3, 0.4) is 0 Å². The third kappa shape index (κ3) is 4.02. The molecule has 2 heterocycles. The molecule has 0 amide bonds. The van der Waals surface area contributed by atoms with Gasteiger partial charge >= 0.3 is 5.97 Å². The summed E-state index contributed by atoms with van der Waals surface area (Å²) in [6.07, 6.45) is 2.49. The average molecular weight is 425 g/mol. The molecule has 28 heavy (non-hydrogen) atoms. The molecule has 0 aliphatic carbocycles. The zero-order valence-corrected chi connectivity index (χ0v) is 16.8. The molecule has 3 rings (SSSR count). The van der Waals surface area contributed by atoms with E-state index >= 15 is 0 Å². The summed E-state index contributed by atoms with van der Waals surface area (Å²) < 4.78 is 37.2. The van der Waals surface area contributed by atoms with Crippen LogP contribution in [0.15, 0.2) is 30.5 Å². The number of carbonyl (C=O) groups excluding carboxylic acids is 1. The molecule has 0 aliphatic rings. The largest absolute Gasteiger partial charge is 0.494 e. The van der Waals surface area contributed by atoms with Gasteiger partial charge in [0.1, 0.15) is 16.6 Å². The number of sulfonamides is 1. The first-order valence-electron chi connectivity index (χ1n) is 8.11. The Labute approximate surface area is 166 Å². The quantitative estimate of drug-likeness (QED) is 0.478. The fourth-order valence-corrected chi connectivity index (χ4v) is 3.36. The Bertz CT molecular complexity index is 1160. The fraction of sp³-hybridized carbons (Fsp3) is 0.235. The number of carbonyl (C=O) groups is 1. The number of pyridine rings is 1. The van der Waals surface area contributed by atoms with Gasteiger partial charge in [-0.05, 0) is 19.1 Å². The fourth-order valence-electron chi connectivity index (χ4n) is 2.65. The molecule has 0 bridgehead atoms. The summed E-state index contributed by atoms with van der Waals surface area (Å²) in [5, 5.41) is 5.04. The Morgan fingerprint density at radius 3 is 2.71 bits per heavy atom. The smallest absolute Gasteiger partial charge is 0.359 e. The van der Waals surface area contributed by atoms with Crippen molar-refractivity contribution in [2.75, 3.05) is 24.7 Å². The van der Waals surface area contributed by atoms with Crippen LogP contribution in [0.2, 0.25) is 5.15 Å². The van der Waals surface area contributed by atoms with E-state index in [4.69, 9.17) is 21.1 Å². The summed E-state index contributed by atoms with van der Waals surface area (Å²) >= 11 is 6.02. The molecule has 0 saturated carbocycles. The number of nitrogens with one attached hydrogen (secondary N) is 1. The van der Waals surface area contributed by atoms with Gasteiger partial charge in [0.15, 0.2) is 5.69 Å². The molecule has 11 heteroatoms. The molecule has 148 valence electrons. The molecule has 0 aliphatic heterocycles. The van der Waals surface area contributed by atoms with E-state index in [9.17, 15) is 13.2 Å². The molecule has 3 aromatic rings. The van der Waals surface area contributed by atoms with Crippen molar-refractivity contribution >= 4 is 44.2 Å². The van der Waals surface area contributed by atoms with E-state index in [1.54, 1.807) is 25.1 Å². The van der Waals surface area contributed by atoms with Gasteiger partial charge < -0.3 is 9.47 Å². The number of halogens is 1. The number of hydrogen-bond acceptors (Lipinski definition) is 7. The van der Waals surface area contributed by atoms with Gasteiger partial charge in [0, 0.05) is 18.3 Å². The lowest BCUT2D eigenvalue weighted by Crippen LogP contribution is -2.10. The highest BCUT2D eigenvalue weighted by atomic mass is 35.5. The van der Waals surface area contributed by atoms with Gasteiger partial charge in [-0.15, -0.1) is 0 Å². The lowest BCUT2D eigenvalue weighted by atomic mass is 10.2. The number of nitrogens with zero attached hydrogens (tertiary/aromatic N) is 3. The van der Waals surface area contributed by atoms with E-state index in [1.807, 2.05) is 0 Å². The van der Waals surface area contributed by atoms with Crippen LogP contribution in [0.4, 0.5) is 5.69 Å². The normalized spacial score (nSPS) is 11.4. The first-order valence-corrected chi connectivity index (χ1v) is 10.4. The third-order valence-corrected chi connectivity index (χ3v) is 4.53. The van der Waals surface area contributed by atoms with Crippen molar-refractivity contribution in [3.8, 4) is 11.4 Å². The molecule has 0 saturated heterocycles. The topological polar surface area (TPSA) is 112 Å². The molecule has 0 unspecified atom stereocenters. The van der Waals surface area contributed by atoms with Crippen molar-refractivity contribution in [1.82, 2.24) is 14.8 Å². The second-order valence-electron chi connectivity index (χ2n) is 5.77. The molecule has 0 atom stereocenters. The maximum atomic E-state index is 12.3. The number of rotatable bonds is 6. The molecule has 0 radical (unpaired) electrons. The SMILES string of the molecule is CCOC(=O)c1nn(-c2ccc(NS(C)(=O)=O)cc2OC)c2cc(Cl)ncc12. The number of aromatic nitrogens is 3. The zero-order valence-electron chi connectivity index (χ0n) is 15.3. The Kier molecular flexibility index (Phi) is 5.43. The van der Waals surface area contributed by atoms with E-state index in [1.165, 1.54) is 24.1 Å².